The lowest BCUT2D eigenvalue weighted by atomic mass is 10.2. The highest BCUT2D eigenvalue weighted by Crippen LogP contribution is 2.10. The molecule has 0 aliphatic carbocycles. The molecule has 0 spiro atoms. The van der Waals surface area contributed by atoms with Crippen LogP contribution in [0.25, 0.3) is 0 Å². The van der Waals surface area contributed by atoms with Gasteiger partial charge in [0.25, 0.3) is 0 Å². The molecule has 0 radical (unpaired) electrons. The fourth-order valence-electron chi connectivity index (χ4n) is 2.16. The van der Waals surface area contributed by atoms with Crippen LogP contribution >= 0.6 is 0 Å². The third kappa shape index (κ3) is 7.11. The summed E-state index contributed by atoms with van der Waals surface area (Å²) in [6.45, 7) is 7.28. The summed E-state index contributed by atoms with van der Waals surface area (Å²) in [6, 6.07) is 5.42. The molecule has 7 heteroatoms. The molecule has 23 heavy (non-hydrogen) atoms. The minimum absolute atomic E-state index is 0.0252. The third-order valence-electron chi connectivity index (χ3n) is 3.43. The average Bonchev–Trinajstić information content (AvgIpc) is 2.51. The number of benzene rings is 1. The quantitative estimate of drug-likeness (QED) is 0.657. The fourth-order valence-corrected chi connectivity index (χ4v) is 2.68. The van der Waals surface area contributed by atoms with Crippen LogP contribution < -0.4 is 5.14 Å². The van der Waals surface area contributed by atoms with Gasteiger partial charge in [-0.15, -0.1) is 0 Å². The molecule has 6 nitrogen and oxygen atoms in total. The molecule has 0 aliphatic rings. The molecule has 0 fully saturated rings. The minimum atomic E-state index is -3.75. The van der Waals surface area contributed by atoms with Gasteiger partial charge in [0.2, 0.25) is 10.0 Å². The Labute approximate surface area is 138 Å². The Morgan fingerprint density at radius 1 is 1.09 bits per heavy atom. The number of rotatable bonds is 10. The van der Waals surface area contributed by atoms with Crippen molar-refractivity contribution in [2.45, 2.75) is 38.0 Å². The van der Waals surface area contributed by atoms with E-state index in [9.17, 15) is 13.2 Å². The Kier molecular flexibility index (Phi) is 8.22. The molecule has 0 heterocycles. The number of ether oxygens (including phenoxy) is 1. The summed E-state index contributed by atoms with van der Waals surface area (Å²) in [5.74, 6) is -0.460. The molecule has 0 saturated heterocycles. The summed E-state index contributed by atoms with van der Waals surface area (Å²) >= 11 is 0. The predicted molar refractivity (Wildman–Crippen MR) is 89.7 cm³/mol. The van der Waals surface area contributed by atoms with Crippen molar-refractivity contribution < 1.29 is 17.9 Å². The molecular formula is C16H26N2O4S. The van der Waals surface area contributed by atoms with Crippen LogP contribution in [-0.4, -0.2) is 45.5 Å². The maximum absolute atomic E-state index is 11.9. The van der Waals surface area contributed by atoms with Crippen molar-refractivity contribution in [1.29, 1.82) is 0 Å². The number of carbonyl (C=O) groups excluding carboxylic acids is 1. The minimum Gasteiger partial charge on any atom is -0.461 e. The second-order valence-corrected chi connectivity index (χ2v) is 6.96. The van der Waals surface area contributed by atoms with E-state index >= 15 is 0 Å². The van der Waals surface area contributed by atoms with E-state index in [0.29, 0.717) is 18.7 Å². The highest BCUT2D eigenvalue weighted by Gasteiger charge is 2.12. The Bertz CT molecular complexity index is 585. The summed E-state index contributed by atoms with van der Waals surface area (Å²) < 4.78 is 27.6. The predicted octanol–water partition coefficient (Wildman–Crippen LogP) is 2.00. The molecule has 2 N–H and O–H groups in total. The molecule has 0 saturated carbocycles. The summed E-state index contributed by atoms with van der Waals surface area (Å²) in [7, 11) is -3.75. The molecule has 1 rings (SSSR count). The van der Waals surface area contributed by atoms with E-state index in [2.05, 4.69) is 18.7 Å². The second-order valence-electron chi connectivity index (χ2n) is 5.40. The van der Waals surface area contributed by atoms with E-state index in [1.165, 1.54) is 24.3 Å². The van der Waals surface area contributed by atoms with E-state index in [1.807, 2.05) is 0 Å². The SMILES string of the molecule is CCCCN(CCC)CCOC(=O)c1ccc(S(N)(=O)=O)cc1. The van der Waals surface area contributed by atoms with Crippen molar-refractivity contribution >= 4 is 16.0 Å². The van der Waals surface area contributed by atoms with Gasteiger partial charge in [0.1, 0.15) is 6.61 Å². The van der Waals surface area contributed by atoms with Gasteiger partial charge in [-0.2, -0.15) is 0 Å². The van der Waals surface area contributed by atoms with Gasteiger partial charge in [0.15, 0.2) is 0 Å². The van der Waals surface area contributed by atoms with E-state index in [1.54, 1.807) is 0 Å². The van der Waals surface area contributed by atoms with Crippen LogP contribution in [0.1, 0.15) is 43.5 Å². The number of sulfonamides is 1. The summed E-state index contributed by atoms with van der Waals surface area (Å²) in [5, 5.41) is 5.02. The van der Waals surface area contributed by atoms with Gasteiger partial charge in [-0.1, -0.05) is 20.3 Å². The zero-order valence-corrected chi connectivity index (χ0v) is 14.6. The number of unbranched alkanes of at least 4 members (excludes halogenated alkanes) is 1. The number of primary sulfonamides is 1. The summed E-state index contributed by atoms with van der Waals surface area (Å²) in [5.41, 5.74) is 0.313. The first-order chi connectivity index (χ1) is 10.9. The number of nitrogens with two attached hydrogens (primary N) is 1. The van der Waals surface area contributed by atoms with Gasteiger partial charge >= 0.3 is 5.97 Å². The molecule has 0 aromatic heterocycles. The van der Waals surface area contributed by atoms with Crippen LogP contribution in [-0.2, 0) is 14.8 Å². The van der Waals surface area contributed by atoms with Gasteiger partial charge in [0, 0.05) is 6.54 Å². The maximum Gasteiger partial charge on any atom is 0.338 e. The molecule has 130 valence electrons. The van der Waals surface area contributed by atoms with Gasteiger partial charge in [-0.3, -0.25) is 4.90 Å². The average molecular weight is 342 g/mol. The van der Waals surface area contributed by atoms with Crippen LogP contribution in [0.5, 0.6) is 0 Å². The largest absolute Gasteiger partial charge is 0.461 e. The Balaban J connectivity index is 2.49. The van der Waals surface area contributed by atoms with Gasteiger partial charge in [-0.25, -0.2) is 18.4 Å². The molecule has 0 atom stereocenters. The lowest BCUT2D eigenvalue weighted by Gasteiger charge is -2.21. The van der Waals surface area contributed by atoms with Crippen LogP contribution in [0.15, 0.2) is 29.2 Å². The fraction of sp³-hybridized carbons (Fsp3) is 0.562. The molecule has 1 aromatic carbocycles. The zero-order valence-electron chi connectivity index (χ0n) is 13.8. The molecular weight excluding hydrogens is 316 g/mol. The first-order valence-corrected chi connectivity index (χ1v) is 9.45. The topological polar surface area (TPSA) is 89.7 Å². The monoisotopic (exact) mass is 342 g/mol. The van der Waals surface area contributed by atoms with Crippen molar-refractivity contribution in [3.8, 4) is 0 Å². The van der Waals surface area contributed by atoms with Gasteiger partial charge in [-0.05, 0) is 50.2 Å². The van der Waals surface area contributed by atoms with Crippen LogP contribution in [0, 0.1) is 0 Å². The van der Waals surface area contributed by atoms with Crippen LogP contribution in [0.2, 0.25) is 0 Å². The van der Waals surface area contributed by atoms with Crippen molar-refractivity contribution in [2.24, 2.45) is 5.14 Å². The maximum atomic E-state index is 11.9. The Hall–Kier alpha value is -1.44. The highest BCUT2D eigenvalue weighted by molar-refractivity contribution is 7.89. The lowest BCUT2D eigenvalue weighted by Crippen LogP contribution is -2.30. The van der Waals surface area contributed by atoms with E-state index < -0.39 is 16.0 Å². The third-order valence-corrected chi connectivity index (χ3v) is 4.36. The van der Waals surface area contributed by atoms with Crippen molar-refractivity contribution in [3.63, 3.8) is 0 Å². The van der Waals surface area contributed by atoms with Crippen LogP contribution in [0.4, 0.5) is 0 Å². The zero-order chi connectivity index (χ0) is 17.3. The normalized spacial score (nSPS) is 11.7. The standard InChI is InChI=1S/C16H26N2O4S/c1-3-5-11-18(10-4-2)12-13-22-16(19)14-6-8-15(9-7-14)23(17,20)21/h6-9H,3-5,10-13H2,1-2H3,(H2,17,20,21). The Morgan fingerprint density at radius 2 is 1.74 bits per heavy atom. The molecule has 1 aromatic rings. The van der Waals surface area contributed by atoms with Gasteiger partial charge in [0.05, 0.1) is 10.5 Å². The molecule has 0 unspecified atom stereocenters. The van der Waals surface area contributed by atoms with Crippen LogP contribution in [0.3, 0.4) is 0 Å². The molecule has 0 bridgehead atoms. The number of esters is 1. The lowest BCUT2D eigenvalue weighted by molar-refractivity contribution is 0.0461. The number of hydrogen-bond donors (Lipinski definition) is 1. The number of nitrogens with zero attached hydrogens (tertiary/aromatic N) is 1. The Morgan fingerprint density at radius 3 is 2.26 bits per heavy atom. The van der Waals surface area contributed by atoms with Crippen molar-refractivity contribution in [3.05, 3.63) is 29.8 Å². The van der Waals surface area contributed by atoms with Gasteiger partial charge < -0.3 is 4.74 Å². The first kappa shape index (κ1) is 19.6. The number of carbonyl (C=O) groups is 1. The van der Waals surface area contributed by atoms with Crippen molar-refractivity contribution in [2.75, 3.05) is 26.2 Å². The smallest absolute Gasteiger partial charge is 0.338 e. The van der Waals surface area contributed by atoms with E-state index in [-0.39, 0.29) is 4.90 Å². The summed E-state index contributed by atoms with van der Waals surface area (Å²) in [4.78, 5) is 14.2. The number of hydrogen-bond acceptors (Lipinski definition) is 5. The highest BCUT2D eigenvalue weighted by atomic mass is 32.2. The molecule has 0 amide bonds. The van der Waals surface area contributed by atoms with Crippen molar-refractivity contribution in [1.82, 2.24) is 4.90 Å². The summed E-state index contributed by atoms with van der Waals surface area (Å²) in [6.07, 6.45) is 3.33. The molecule has 0 aliphatic heterocycles. The first-order valence-electron chi connectivity index (χ1n) is 7.90. The second kappa shape index (κ2) is 9.64. The van der Waals surface area contributed by atoms with E-state index in [0.717, 1.165) is 32.4 Å². The van der Waals surface area contributed by atoms with E-state index in [4.69, 9.17) is 9.88 Å².